The van der Waals surface area contributed by atoms with Crippen LogP contribution < -0.4 is 10.1 Å². The minimum atomic E-state index is 0.786. The summed E-state index contributed by atoms with van der Waals surface area (Å²) in [6.07, 6.45) is 2.67. The Bertz CT molecular complexity index is 749. The molecule has 2 N–H and O–H groups in total. The number of methoxy groups -OCH3 is 1. The second kappa shape index (κ2) is 5.97. The number of fused-ring (bicyclic) bond motifs is 1. The van der Waals surface area contributed by atoms with Gasteiger partial charge in [-0.1, -0.05) is 24.3 Å². The molecule has 1 heterocycles. The Morgan fingerprint density at radius 1 is 1.24 bits per heavy atom. The number of nitrogens with zero attached hydrogens (tertiary/aromatic N) is 1. The molecule has 1 aromatic heterocycles. The number of ether oxygens (including phenoxy) is 1. The number of nitrogens with one attached hydrogen (secondary N) is 2. The van der Waals surface area contributed by atoms with Crippen molar-refractivity contribution in [3.63, 3.8) is 0 Å². The van der Waals surface area contributed by atoms with Gasteiger partial charge in [0.15, 0.2) is 0 Å². The standard InChI is InChI=1S/C17H19N3O/c1-18-10-14-11-19-17(20-14)8-13-5-3-4-12-6-7-15(21-2)9-16(12)13/h3-7,9,11,18H,8,10H2,1-2H3,(H,19,20). The third-order valence-electron chi connectivity index (χ3n) is 3.59. The van der Waals surface area contributed by atoms with E-state index < -0.39 is 0 Å². The van der Waals surface area contributed by atoms with Crippen molar-refractivity contribution in [1.29, 1.82) is 0 Å². The summed E-state index contributed by atoms with van der Waals surface area (Å²) in [4.78, 5) is 7.80. The lowest BCUT2D eigenvalue weighted by atomic mass is 10.0. The highest BCUT2D eigenvalue weighted by Gasteiger charge is 2.06. The number of aromatic amines is 1. The zero-order chi connectivity index (χ0) is 14.7. The van der Waals surface area contributed by atoms with Crippen LogP contribution in [-0.2, 0) is 13.0 Å². The van der Waals surface area contributed by atoms with Gasteiger partial charge in [-0.2, -0.15) is 0 Å². The third-order valence-corrected chi connectivity index (χ3v) is 3.59. The molecular formula is C17H19N3O. The number of rotatable bonds is 5. The van der Waals surface area contributed by atoms with Gasteiger partial charge in [0.25, 0.3) is 0 Å². The van der Waals surface area contributed by atoms with E-state index in [2.05, 4.69) is 45.6 Å². The molecule has 0 amide bonds. The highest BCUT2D eigenvalue weighted by Crippen LogP contribution is 2.25. The summed E-state index contributed by atoms with van der Waals surface area (Å²) in [5, 5.41) is 5.55. The largest absolute Gasteiger partial charge is 0.497 e. The van der Waals surface area contributed by atoms with Crippen molar-refractivity contribution >= 4 is 10.8 Å². The first-order valence-corrected chi connectivity index (χ1v) is 7.03. The maximum atomic E-state index is 5.33. The molecule has 0 radical (unpaired) electrons. The van der Waals surface area contributed by atoms with Crippen molar-refractivity contribution in [3.05, 3.63) is 59.7 Å². The number of imidazole rings is 1. The molecule has 4 heteroatoms. The van der Waals surface area contributed by atoms with Gasteiger partial charge in [0.05, 0.1) is 7.11 Å². The molecule has 4 nitrogen and oxygen atoms in total. The van der Waals surface area contributed by atoms with Gasteiger partial charge in [-0.25, -0.2) is 4.98 Å². The van der Waals surface area contributed by atoms with E-state index in [0.29, 0.717) is 0 Å². The third kappa shape index (κ3) is 2.90. The predicted molar refractivity (Wildman–Crippen MR) is 84.7 cm³/mol. The molecule has 0 atom stereocenters. The van der Waals surface area contributed by atoms with Gasteiger partial charge in [-0.3, -0.25) is 0 Å². The molecule has 21 heavy (non-hydrogen) atoms. The van der Waals surface area contributed by atoms with Gasteiger partial charge >= 0.3 is 0 Å². The van der Waals surface area contributed by atoms with Crippen LogP contribution in [0.1, 0.15) is 17.1 Å². The highest BCUT2D eigenvalue weighted by molar-refractivity contribution is 5.87. The smallest absolute Gasteiger partial charge is 0.119 e. The van der Waals surface area contributed by atoms with Crippen LogP contribution in [-0.4, -0.2) is 24.1 Å². The van der Waals surface area contributed by atoms with E-state index in [1.165, 1.54) is 16.3 Å². The second-order valence-electron chi connectivity index (χ2n) is 5.07. The predicted octanol–water partition coefficient (Wildman–Crippen LogP) is 2.88. The van der Waals surface area contributed by atoms with Gasteiger partial charge in [-0.05, 0) is 35.5 Å². The van der Waals surface area contributed by atoms with Crippen LogP contribution in [0.25, 0.3) is 10.8 Å². The fourth-order valence-corrected chi connectivity index (χ4v) is 2.55. The van der Waals surface area contributed by atoms with Crippen LogP contribution in [0.2, 0.25) is 0 Å². The molecule has 108 valence electrons. The zero-order valence-electron chi connectivity index (χ0n) is 12.3. The summed E-state index contributed by atoms with van der Waals surface area (Å²) in [5.74, 6) is 1.86. The molecular weight excluding hydrogens is 262 g/mol. The first kappa shape index (κ1) is 13.6. The molecule has 0 bridgehead atoms. The number of hydrogen-bond acceptors (Lipinski definition) is 3. The van der Waals surface area contributed by atoms with E-state index in [9.17, 15) is 0 Å². The molecule has 3 aromatic rings. The summed E-state index contributed by atoms with van der Waals surface area (Å²) in [5.41, 5.74) is 2.35. The normalized spacial score (nSPS) is 11.0. The Labute approximate surface area is 124 Å². The molecule has 0 unspecified atom stereocenters. The van der Waals surface area contributed by atoms with Gasteiger partial charge in [0.2, 0.25) is 0 Å². The summed E-state index contributed by atoms with van der Waals surface area (Å²) >= 11 is 0. The van der Waals surface area contributed by atoms with Crippen molar-refractivity contribution in [2.24, 2.45) is 0 Å². The van der Waals surface area contributed by atoms with Crippen LogP contribution in [0.5, 0.6) is 5.75 Å². The topological polar surface area (TPSA) is 49.9 Å². The highest BCUT2D eigenvalue weighted by atomic mass is 16.5. The Kier molecular flexibility index (Phi) is 3.88. The molecule has 0 fully saturated rings. The van der Waals surface area contributed by atoms with E-state index in [-0.39, 0.29) is 0 Å². The fourth-order valence-electron chi connectivity index (χ4n) is 2.55. The minimum Gasteiger partial charge on any atom is -0.497 e. The maximum Gasteiger partial charge on any atom is 0.119 e. The molecule has 0 aliphatic rings. The molecule has 3 rings (SSSR count). The molecule has 2 aromatic carbocycles. The van der Waals surface area contributed by atoms with Crippen LogP contribution in [0.3, 0.4) is 0 Å². The number of aromatic nitrogens is 2. The Balaban J connectivity index is 1.95. The molecule has 0 aliphatic carbocycles. The number of H-pyrrole nitrogens is 1. The van der Waals surface area contributed by atoms with Crippen molar-refractivity contribution in [1.82, 2.24) is 15.3 Å². The van der Waals surface area contributed by atoms with Gasteiger partial charge in [0, 0.05) is 24.9 Å². The summed E-state index contributed by atoms with van der Waals surface area (Å²) in [6.45, 7) is 0.802. The summed E-state index contributed by atoms with van der Waals surface area (Å²) in [7, 11) is 3.62. The number of benzene rings is 2. The first-order chi connectivity index (χ1) is 10.3. The molecule has 0 spiro atoms. The van der Waals surface area contributed by atoms with E-state index in [0.717, 1.165) is 30.2 Å². The summed E-state index contributed by atoms with van der Waals surface area (Å²) in [6, 6.07) is 12.5. The second-order valence-corrected chi connectivity index (χ2v) is 5.07. The Hall–Kier alpha value is -2.33. The van der Waals surface area contributed by atoms with Crippen molar-refractivity contribution in [2.45, 2.75) is 13.0 Å². The number of hydrogen-bond donors (Lipinski definition) is 2. The average molecular weight is 281 g/mol. The minimum absolute atomic E-state index is 0.786. The monoisotopic (exact) mass is 281 g/mol. The fraction of sp³-hybridized carbons (Fsp3) is 0.235. The van der Waals surface area contributed by atoms with E-state index in [1.807, 2.05) is 19.3 Å². The van der Waals surface area contributed by atoms with Crippen LogP contribution in [0.15, 0.2) is 42.6 Å². The van der Waals surface area contributed by atoms with Gasteiger partial charge in [0.1, 0.15) is 11.6 Å². The first-order valence-electron chi connectivity index (χ1n) is 7.03. The molecule has 0 saturated heterocycles. The van der Waals surface area contributed by atoms with Crippen molar-refractivity contribution in [2.75, 3.05) is 14.2 Å². The van der Waals surface area contributed by atoms with Crippen molar-refractivity contribution < 1.29 is 4.74 Å². The van der Waals surface area contributed by atoms with E-state index >= 15 is 0 Å². The molecule has 0 aliphatic heterocycles. The van der Waals surface area contributed by atoms with Gasteiger partial charge in [-0.15, -0.1) is 0 Å². The lowest BCUT2D eigenvalue weighted by molar-refractivity contribution is 0.415. The van der Waals surface area contributed by atoms with Crippen LogP contribution >= 0.6 is 0 Å². The lowest BCUT2D eigenvalue weighted by Crippen LogP contribution is -2.05. The maximum absolute atomic E-state index is 5.33. The van der Waals surface area contributed by atoms with Gasteiger partial charge < -0.3 is 15.0 Å². The van der Waals surface area contributed by atoms with E-state index in [4.69, 9.17) is 4.74 Å². The van der Waals surface area contributed by atoms with Crippen molar-refractivity contribution in [3.8, 4) is 5.75 Å². The Morgan fingerprint density at radius 2 is 2.14 bits per heavy atom. The molecule has 0 saturated carbocycles. The quantitative estimate of drug-likeness (QED) is 0.756. The average Bonchev–Trinajstić information content (AvgIpc) is 2.95. The zero-order valence-corrected chi connectivity index (χ0v) is 12.3. The summed E-state index contributed by atoms with van der Waals surface area (Å²) < 4.78 is 5.33. The van der Waals surface area contributed by atoms with Crippen LogP contribution in [0, 0.1) is 0 Å². The van der Waals surface area contributed by atoms with E-state index in [1.54, 1.807) is 7.11 Å². The SMILES string of the molecule is CNCc1cnc(Cc2cccc3ccc(OC)cc23)[nH]1. The van der Waals surface area contributed by atoms with Crippen LogP contribution in [0.4, 0.5) is 0 Å². The lowest BCUT2D eigenvalue weighted by Gasteiger charge is -2.07. The Morgan fingerprint density at radius 3 is 2.95 bits per heavy atom.